The van der Waals surface area contributed by atoms with Crippen LogP contribution in [0, 0.1) is 0 Å². The van der Waals surface area contributed by atoms with Crippen LogP contribution in [0.3, 0.4) is 0 Å². The Morgan fingerprint density at radius 1 is 1.21 bits per heavy atom. The monoisotopic (exact) mass is 259 g/mol. The molecule has 0 fully saturated rings. The van der Waals surface area contributed by atoms with Crippen molar-refractivity contribution in [1.29, 1.82) is 0 Å². The van der Waals surface area contributed by atoms with Crippen molar-refractivity contribution in [2.24, 2.45) is 5.73 Å². The second kappa shape index (κ2) is 5.55. The summed E-state index contributed by atoms with van der Waals surface area (Å²) in [6, 6.07) is 10.3. The number of benzene rings is 1. The smallest absolute Gasteiger partial charge is 0.213 e. The maximum atomic E-state index is 6.30. The van der Waals surface area contributed by atoms with Crippen molar-refractivity contribution >= 4 is 10.9 Å². The number of likely N-dealkylation sites (N-methyl/N-ethyl adjacent to an activating group) is 1. The highest BCUT2D eigenvalue weighted by atomic mass is 16.5. The molecule has 0 amide bonds. The molecule has 0 bridgehead atoms. The molecule has 4 nitrogen and oxygen atoms in total. The number of nitrogens with two attached hydrogens (primary N) is 1. The van der Waals surface area contributed by atoms with E-state index in [1.54, 1.807) is 7.11 Å². The Kier molecular flexibility index (Phi) is 4.02. The molecule has 2 atom stereocenters. The van der Waals surface area contributed by atoms with Gasteiger partial charge in [0.2, 0.25) is 5.88 Å². The number of nitrogens with zero attached hydrogens (tertiary/aromatic N) is 2. The van der Waals surface area contributed by atoms with Gasteiger partial charge in [-0.15, -0.1) is 0 Å². The molecule has 0 aliphatic rings. The summed E-state index contributed by atoms with van der Waals surface area (Å²) in [5, 5.41) is 1.08. The third-order valence-electron chi connectivity index (χ3n) is 3.62. The lowest BCUT2D eigenvalue weighted by atomic mass is 9.99. The molecule has 0 aliphatic heterocycles. The Labute approximate surface area is 114 Å². The summed E-state index contributed by atoms with van der Waals surface area (Å²) >= 11 is 0. The van der Waals surface area contributed by atoms with E-state index >= 15 is 0 Å². The number of ether oxygens (including phenoxy) is 1. The molecule has 0 aliphatic carbocycles. The minimum Gasteiger partial charge on any atom is -0.481 e. The fourth-order valence-corrected chi connectivity index (χ4v) is 2.05. The third kappa shape index (κ3) is 2.85. The van der Waals surface area contributed by atoms with E-state index in [1.807, 2.05) is 38.4 Å². The van der Waals surface area contributed by atoms with E-state index in [4.69, 9.17) is 10.5 Å². The van der Waals surface area contributed by atoms with Gasteiger partial charge in [-0.1, -0.05) is 6.07 Å². The second-order valence-electron chi connectivity index (χ2n) is 5.04. The van der Waals surface area contributed by atoms with Gasteiger partial charge < -0.3 is 15.4 Å². The second-order valence-corrected chi connectivity index (χ2v) is 5.04. The summed E-state index contributed by atoms with van der Waals surface area (Å²) in [6.07, 6.45) is 0. The Bertz CT molecular complexity index is 568. The highest BCUT2D eigenvalue weighted by Gasteiger charge is 2.17. The minimum atomic E-state index is -0.0125. The number of hydrogen-bond donors (Lipinski definition) is 1. The Hall–Kier alpha value is -1.65. The molecule has 0 radical (unpaired) electrons. The number of hydrogen-bond acceptors (Lipinski definition) is 4. The van der Waals surface area contributed by atoms with Crippen LogP contribution in [0.25, 0.3) is 10.9 Å². The summed E-state index contributed by atoms with van der Waals surface area (Å²) in [7, 11) is 5.70. The number of pyridine rings is 1. The summed E-state index contributed by atoms with van der Waals surface area (Å²) in [4.78, 5) is 6.53. The zero-order valence-electron chi connectivity index (χ0n) is 11.9. The standard InChI is InChI=1S/C15H21N3O/c1-10(18(2)3)15(16)12-5-7-13-11(9-12)6-8-14(17-13)19-4/h5-10,15H,16H2,1-4H3/t10-,15?/m0/s1. The van der Waals surface area contributed by atoms with Crippen LogP contribution in [-0.4, -0.2) is 37.1 Å². The summed E-state index contributed by atoms with van der Waals surface area (Å²) in [5.74, 6) is 0.631. The van der Waals surface area contributed by atoms with E-state index in [2.05, 4.69) is 22.9 Å². The van der Waals surface area contributed by atoms with Crippen LogP contribution >= 0.6 is 0 Å². The Morgan fingerprint density at radius 3 is 2.58 bits per heavy atom. The minimum absolute atomic E-state index is 0.0125. The number of methoxy groups -OCH3 is 1. The normalized spacial score (nSPS) is 14.6. The number of fused-ring (bicyclic) bond motifs is 1. The van der Waals surface area contributed by atoms with Crippen molar-refractivity contribution in [2.45, 2.75) is 19.0 Å². The Balaban J connectivity index is 2.36. The lowest BCUT2D eigenvalue weighted by molar-refractivity contribution is 0.274. The van der Waals surface area contributed by atoms with Crippen molar-refractivity contribution in [2.75, 3.05) is 21.2 Å². The van der Waals surface area contributed by atoms with Crippen LogP contribution in [0.1, 0.15) is 18.5 Å². The van der Waals surface area contributed by atoms with Gasteiger partial charge in [0, 0.05) is 23.5 Å². The zero-order valence-corrected chi connectivity index (χ0v) is 11.9. The van der Waals surface area contributed by atoms with Crippen LogP contribution in [-0.2, 0) is 0 Å². The van der Waals surface area contributed by atoms with Gasteiger partial charge >= 0.3 is 0 Å². The molecular weight excluding hydrogens is 238 g/mol. The van der Waals surface area contributed by atoms with Crippen molar-refractivity contribution in [3.63, 3.8) is 0 Å². The molecule has 102 valence electrons. The predicted octanol–water partition coefficient (Wildman–Crippen LogP) is 2.19. The molecule has 0 saturated heterocycles. The average Bonchev–Trinajstić information content (AvgIpc) is 2.44. The number of aromatic nitrogens is 1. The molecule has 2 rings (SSSR count). The highest BCUT2D eigenvalue weighted by Crippen LogP contribution is 2.23. The summed E-state index contributed by atoms with van der Waals surface area (Å²) in [5.41, 5.74) is 8.35. The molecule has 1 unspecified atom stereocenters. The lowest BCUT2D eigenvalue weighted by Crippen LogP contribution is -2.35. The Morgan fingerprint density at radius 2 is 1.95 bits per heavy atom. The molecule has 4 heteroatoms. The first-order valence-electron chi connectivity index (χ1n) is 6.39. The SMILES string of the molecule is COc1ccc2cc(C(N)[C@H](C)N(C)C)ccc2n1. The van der Waals surface area contributed by atoms with Gasteiger partial charge in [0.25, 0.3) is 0 Å². The van der Waals surface area contributed by atoms with E-state index in [0.717, 1.165) is 16.5 Å². The van der Waals surface area contributed by atoms with E-state index in [1.165, 1.54) is 0 Å². The van der Waals surface area contributed by atoms with Crippen LogP contribution < -0.4 is 10.5 Å². The van der Waals surface area contributed by atoms with E-state index in [0.29, 0.717) is 5.88 Å². The molecular formula is C15H21N3O. The predicted molar refractivity (Wildman–Crippen MR) is 78.4 cm³/mol. The van der Waals surface area contributed by atoms with Crippen LogP contribution in [0.2, 0.25) is 0 Å². The van der Waals surface area contributed by atoms with Gasteiger partial charge in [-0.25, -0.2) is 4.98 Å². The van der Waals surface area contributed by atoms with Gasteiger partial charge in [0.15, 0.2) is 0 Å². The molecule has 19 heavy (non-hydrogen) atoms. The van der Waals surface area contributed by atoms with Crippen molar-refractivity contribution in [1.82, 2.24) is 9.88 Å². The summed E-state index contributed by atoms with van der Waals surface area (Å²) < 4.78 is 5.13. The van der Waals surface area contributed by atoms with E-state index in [9.17, 15) is 0 Å². The van der Waals surface area contributed by atoms with Crippen molar-refractivity contribution < 1.29 is 4.74 Å². The van der Waals surface area contributed by atoms with Crippen LogP contribution in [0.5, 0.6) is 5.88 Å². The van der Waals surface area contributed by atoms with Gasteiger partial charge in [-0.3, -0.25) is 0 Å². The quantitative estimate of drug-likeness (QED) is 0.914. The molecule has 0 spiro atoms. The van der Waals surface area contributed by atoms with Gasteiger partial charge in [-0.05, 0) is 44.8 Å². The van der Waals surface area contributed by atoms with Crippen molar-refractivity contribution in [3.8, 4) is 5.88 Å². The highest BCUT2D eigenvalue weighted by molar-refractivity contribution is 5.80. The molecule has 2 aromatic rings. The maximum Gasteiger partial charge on any atom is 0.213 e. The van der Waals surface area contributed by atoms with Crippen molar-refractivity contribution in [3.05, 3.63) is 35.9 Å². The van der Waals surface area contributed by atoms with E-state index in [-0.39, 0.29) is 12.1 Å². The largest absolute Gasteiger partial charge is 0.481 e. The molecule has 1 heterocycles. The first-order valence-corrected chi connectivity index (χ1v) is 6.39. The maximum absolute atomic E-state index is 6.30. The number of rotatable bonds is 4. The first kappa shape index (κ1) is 13.8. The average molecular weight is 259 g/mol. The lowest BCUT2D eigenvalue weighted by Gasteiger charge is -2.26. The van der Waals surface area contributed by atoms with Crippen LogP contribution in [0.15, 0.2) is 30.3 Å². The fraction of sp³-hybridized carbons (Fsp3) is 0.400. The molecule has 2 N–H and O–H groups in total. The fourth-order valence-electron chi connectivity index (χ4n) is 2.05. The van der Waals surface area contributed by atoms with E-state index < -0.39 is 0 Å². The van der Waals surface area contributed by atoms with Gasteiger partial charge in [0.1, 0.15) is 0 Å². The zero-order chi connectivity index (χ0) is 14.0. The molecule has 1 aromatic heterocycles. The third-order valence-corrected chi connectivity index (χ3v) is 3.62. The van der Waals surface area contributed by atoms with Gasteiger partial charge in [-0.2, -0.15) is 0 Å². The summed E-state index contributed by atoms with van der Waals surface area (Å²) in [6.45, 7) is 2.13. The van der Waals surface area contributed by atoms with Crippen LogP contribution in [0.4, 0.5) is 0 Å². The molecule has 1 aromatic carbocycles. The first-order chi connectivity index (χ1) is 9.02. The topological polar surface area (TPSA) is 51.4 Å². The van der Waals surface area contributed by atoms with Gasteiger partial charge in [0.05, 0.1) is 12.6 Å². The molecule has 0 saturated carbocycles.